The van der Waals surface area contributed by atoms with Crippen LogP contribution in [0.15, 0.2) is 54.6 Å². The van der Waals surface area contributed by atoms with Crippen LogP contribution in [0.1, 0.15) is 25.0 Å². The minimum atomic E-state index is -0.329. The van der Waals surface area contributed by atoms with Crippen LogP contribution in [0.2, 0.25) is 0 Å². The molecule has 0 saturated carbocycles. The lowest BCUT2D eigenvalue weighted by Crippen LogP contribution is -2.64. The summed E-state index contributed by atoms with van der Waals surface area (Å²) >= 11 is 0. The van der Waals surface area contributed by atoms with E-state index in [4.69, 9.17) is 0 Å². The van der Waals surface area contributed by atoms with Gasteiger partial charge in [-0.25, -0.2) is 4.39 Å². The van der Waals surface area contributed by atoms with Gasteiger partial charge in [-0.2, -0.15) is 0 Å². The van der Waals surface area contributed by atoms with Crippen molar-refractivity contribution in [2.24, 2.45) is 17.3 Å². The molecule has 2 amide bonds. The van der Waals surface area contributed by atoms with E-state index >= 15 is 0 Å². The number of rotatable bonds is 7. The molecule has 1 spiro atoms. The molecule has 2 aliphatic rings. The second kappa shape index (κ2) is 9.41. The largest absolute Gasteiger partial charge is 0.356 e. The average molecular weight is 438 g/mol. The van der Waals surface area contributed by atoms with Gasteiger partial charge < -0.3 is 10.2 Å². The molecule has 1 unspecified atom stereocenters. The van der Waals surface area contributed by atoms with Gasteiger partial charge in [0, 0.05) is 44.7 Å². The molecule has 4 rings (SSSR count). The molecule has 5 nitrogen and oxygen atoms in total. The lowest BCUT2D eigenvalue weighted by molar-refractivity contribution is -0.149. The Morgan fingerprint density at radius 1 is 1.06 bits per heavy atom. The summed E-state index contributed by atoms with van der Waals surface area (Å²) in [6.07, 6.45) is 0.186. The van der Waals surface area contributed by atoms with Crippen molar-refractivity contribution in [3.8, 4) is 0 Å². The second-order valence-corrected chi connectivity index (χ2v) is 9.77. The maximum atomic E-state index is 13.5. The predicted octanol–water partition coefficient (Wildman–Crippen LogP) is 3.10. The zero-order valence-electron chi connectivity index (χ0n) is 18.9. The maximum absolute atomic E-state index is 13.5. The molecule has 2 heterocycles. The summed E-state index contributed by atoms with van der Waals surface area (Å²) in [5.74, 6) is 0.00539. The average Bonchev–Trinajstić information content (AvgIpc) is 3.11. The number of carbonyl (C=O) groups is 2. The highest BCUT2D eigenvalue weighted by atomic mass is 19.1. The Hall–Kier alpha value is -2.73. The Bertz CT molecular complexity index is 957. The van der Waals surface area contributed by atoms with Gasteiger partial charge in [-0.1, -0.05) is 56.3 Å². The number of carbonyl (C=O) groups excluding carboxylic acids is 2. The molecule has 1 atom stereocenters. The van der Waals surface area contributed by atoms with E-state index in [1.807, 2.05) is 23.1 Å². The van der Waals surface area contributed by atoms with Crippen LogP contribution in [0.5, 0.6) is 0 Å². The summed E-state index contributed by atoms with van der Waals surface area (Å²) in [5, 5.41) is 3.11. The van der Waals surface area contributed by atoms with Crippen LogP contribution in [0.3, 0.4) is 0 Å². The van der Waals surface area contributed by atoms with E-state index in [-0.39, 0.29) is 35.4 Å². The first-order valence-corrected chi connectivity index (χ1v) is 11.4. The number of hydrogen-bond acceptors (Lipinski definition) is 3. The van der Waals surface area contributed by atoms with Crippen LogP contribution < -0.4 is 5.32 Å². The van der Waals surface area contributed by atoms with Gasteiger partial charge in [0.1, 0.15) is 5.82 Å². The highest BCUT2D eigenvalue weighted by Gasteiger charge is 2.57. The molecule has 2 fully saturated rings. The lowest BCUT2D eigenvalue weighted by Gasteiger charge is -2.50. The van der Waals surface area contributed by atoms with Crippen LogP contribution in [0, 0.1) is 23.1 Å². The predicted molar refractivity (Wildman–Crippen MR) is 122 cm³/mol. The number of benzene rings is 2. The summed E-state index contributed by atoms with van der Waals surface area (Å²) in [4.78, 5) is 30.0. The van der Waals surface area contributed by atoms with Crippen molar-refractivity contribution < 1.29 is 14.0 Å². The van der Waals surface area contributed by atoms with Crippen LogP contribution in [0.25, 0.3) is 0 Å². The topological polar surface area (TPSA) is 52.7 Å². The molecule has 0 aliphatic carbocycles. The first kappa shape index (κ1) is 22.5. The summed E-state index contributed by atoms with van der Waals surface area (Å²) in [6, 6.07) is 16.5. The van der Waals surface area contributed by atoms with Crippen molar-refractivity contribution in [3.63, 3.8) is 0 Å². The van der Waals surface area contributed by atoms with E-state index in [1.54, 1.807) is 12.1 Å². The number of nitrogens with one attached hydrogen (secondary N) is 1. The smallest absolute Gasteiger partial charge is 0.227 e. The molecule has 1 N–H and O–H groups in total. The number of nitrogens with zero attached hydrogens (tertiary/aromatic N) is 2. The molecule has 2 aliphatic heterocycles. The fraction of sp³-hybridized carbons (Fsp3) is 0.462. The SMILES string of the molecule is CC(C)CNC(=O)C1CN(Cc2ccccc2)CC12CN(C(=O)Cc1cccc(F)c1)C2. The van der Waals surface area contributed by atoms with Gasteiger partial charge in [0.05, 0.1) is 12.3 Å². The Morgan fingerprint density at radius 3 is 2.47 bits per heavy atom. The standard InChI is InChI=1S/C26H32FN3O2/c1-19(2)13-28-25(32)23-15-29(14-20-7-4-3-5-8-20)16-26(23)17-30(18-26)24(31)12-21-9-6-10-22(27)11-21/h3-11,19,23H,12-18H2,1-2H3,(H,28,32). The normalized spacial score (nSPS) is 19.9. The highest BCUT2D eigenvalue weighted by Crippen LogP contribution is 2.44. The molecule has 170 valence electrons. The van der Waals surface area contributed by atoms with E-state index in [1.165, 1.54) is 17.7 Å². The van der Waals surface area contributed by atoms with E-state index in [2.05, 4.69) is 36.2 Å². The summed E-state index contributed by atoms with van der Waals surface area (Å²) in [6.45, 7) is 8.28. The first-order valence-electron chi connectivity index (χ1n) is 11.4. The molecule has 2 aromatic carbocycles. The van der Waals surface area contributed by atoms with Gasteiger partial charge in [0.2, 0.25) is 11.8 Å². The number of likely N-dealkylation sites (tertiary alicyclic amines) is 2. The monoisotopic (exact) mass is 437 g/mol. The number of amides is 2. The van der Waals surface area contributed by atoms with Crippen LogP contribution in [-0.2, 0) is 22.6 Å². The van der Waals surface area contributed by atoms with Gasteiger partial charge >= 0.3 is 0 Å². The van der Waals surface area contributed by atoms with E-state index in [9.17, 15) is 14.0 Å². The maximum Gasteiger partial charge on any atom is 0.227 e. The van der Waals surface area contributed by atoms with Gasteiger partial charge in [0.15, 0.2) is 0 Å². The second-order valence-electron chi connectivity index (χ2n) is 9.77. The fourth-order valence-electron chi connectivity index (χ4n) is 4.97. The molecule has 32 heavy (non-hydrogen) atoms. The third-order valence-electron chi connectivity index (χ3n) is 6.58. The molecule has 2 saturated heterocycles. The minimum absolute atomic E-state index is 0.0101. The quantitative estimate of drug-likeness (QED) is 0.724. The molecule has 6 heteroatoms. The molecular weight excluding hydrogens is 405 g/mol. The molecule has 0 bridgehead atoms. The van der Waals surface area contributed by atoms with Crippen molar-refractivity contribution in [1.82, 2.24) is 15.1 Å². The van der Waals surface area contributed by atoms with E-state index < -0.39 is 0 Å². The van der Waals surface area contributed by atoms with Crippen molar-refractivity contribution in [3.05, 3.63) is 71.5 Å². The van der Waals surface area contributed by atoms with Crippen molar-refractivity contribution in [2.75, 3.05) is 32.7 Å². The zero-order chi connectivity index (χ0) is 22.7. The van der Waals surface area contributed by atoms with E-state index in [0.29, 0.717) is 37.7 Å². The Balaban J connectivity index is 1.43. The summed E-state index contributed by atoms with van der Waals surface area (Å²) in [5.41, 5.74) is 1.69. The van der Waals surface area contributed by atoms with Crippen molar-refractivity contribution in [2.45, 2.75) is 26.8 Å². The van der Waals surface area contributed by atoms with Gasteiger partial charge in [-0.15, -0.1) is 0 Å². The molecule has 0 aromatic heterocycles. The lowest BCUT2D eigenvalue weighted by atomic mass is 9.71. The third kappa shape index (κ3) is 5.01. The van der Waals surface area contributed by atoms with Crippen LogP contribution >= 0.6 is 0 Å². The Morgan fingerprint density at radius 2 is 1.78 bits per heavy atom. The van der Waals surface area contributed by atoms with Gasteiger partial charge in [-0.3, -0.25) is 14.5 Å². The number of halogens is 1. The summed E-state index contributed by atoms with van der Waals surface area (Å²) < 4.78 is 13.5. The highest BCUT2D eigenvalue weighted by molar-refractivity contribution is 5.83. The van der Waals surface area contributed by atoms with Crippen molar-refractivity contribution >= 4 is 11.8 Å². The van der Waals surface area contributed by atoms with Crippen molar-refractivity contribution in [1.29, 1.82) is 0 Å². The Kier molecular flexibility index (Phi) is 6.60. The van der Waals surface area contributed by atoms with Crippen LogP contribution in [-0.4, -0.2) is 54.3 Å². The van der Waals surface area contributed by atoms with Crippen LogP contribution in [0.4, 0.5) is 4.39 Å². The van der Waals surface area contributed by atoms with Gasteiger partial charge in [0.25, 0.3) is 0 Å². The Labute approximate surface area is 189 Å². The minimum Gasteiger partial charge on any atom is -0.356 e. The molecule has 2 aromatic rings. The summed E-state index contributed by atoms with van der Waals surface area (Å²) in [7, 11) is 0. The first-order chi connectivity index (χ1) is 15.3. The third-order valence-corrected chi connectivity index (χ3v) is 6.58. The molecule has 0 radical (unpaired) electrons. The molecular formula is C26H32FN3O2. The van der Waals surface area contributed by atoms with E-state index in [0.717, 1.165) is 13.1 Å². The van der Waals surface area contributed by atoms with Gasteiger partial charge in [-0.05, 0) is 29.2 Å². The fourth-order valence-corrected chi connectivity index (χ4v) is 4.97. The zero-order valence-corrected chi connectivity index (χ0v) is 18.9. The number of hydrogen-bond donors (Lipinski definition) is 1.